The van der Waals surface area contributed by atoms with Crippen LogP contribution in [-0.2, 0) is 11.4 Å². The van der Waals surface area contributed by atoms with Crippen LogP contribution in [0, 0.1) is 0 Å². The number of aromatic nitrogens is 3. The number of hydrogen-bond acceptors (Lipinski definition) is 7. The number of nitrogens with zero attached hydrogens (tertiary/aromatic N) is 3. The Morgan fingerprint density at radius 3 is 2.57 bits per heavy atom. The van der Waals surface area contributed by atoms with Gasteiger partial charge in [-0.3, -0.25) is 4.79 Å². The number of allylic oxidation sites excluding steroid dienone is 1. The number of nitrogens with one attached hydrogen (secondary N) is 2. The van der Waals surface area contributed by atoms with Crippen molar-refractivity contribution >= 4 is 56.7 Å². The number of hydrogen-bond donors (Lipinski definition) is 2. The lowest BCUT2D eigenvalue weighted by Crippen LogP contribution is -2.31. The lowest BCUT2D eigenvalue weighted by Gasteiger charge is -2.29. The summed E-state index contributed by atoms with van der Waals surface area (Å²) in [5.41, 5.74) is 3.16. The summed E-state index contributed by atoms with van der Waals surface area (Å²) in [6.45, 7) is 6.67. The smallest absolute Gasteiger partial charge is 0.255 e. The van der Waals surface area contributed by atoms with Crippen LogP contribution in [0.3, 0.4) is 0 Å². The van der Waals surface area contributed by atoms with Gasteiger partial charge in [-0.1, -0.05) is 41.4 Å². The van der Waals surface area contributed by atoms with E-state index in [1.807, 2.05) is 57.2 Å². The summed E-state index contributed by atoms with van der Waals surface area (Å²) in [6, 6.07) is 15.7. The molecule has 1 aliphatic heterocycles. The molecule has 0 saturated heterocycles. The number of carbonyl (C=O) groups excluding carboxylic acids is 1. The lowest BCUT2D eigenvalue weighted by atomic mass is 9.94. The highest BCUT2D eigenvalue weighted by Gasteiger charge is 2.35. The van der Waals surface area contributed by atoms with Gasteiger partial charge in [0.25, 0.3) is 5.91 Å². The summed E-state index contributed by atoms with van der Waals surface area (Å²) in [6.07, 6.45) is 1.44. The van der Waals surface area contributed by atoms with E-state index >= 15 is 0 Å². The van der Waals surface area contributed by atoms with Crippen LogP contribution in [0.15, 0.2) is 76.7 Å². The van der Waals surface area contributed by atoms with E-state index in [9.17, 15) is 4.79 Å². The molecule has 42 heavy (non-hydrogen) atoms. The van der Waals surface area contributed by atoms with Crippen molar-refractivity contribution in [2.45, 2.75) is 33.4 Å². The van der Waals surface area contributed by atoms with Crippen LogP contribution in [0.2, 0.25) is 10.0 Å². The minimum absolute atomic E-state index is 0.195. The second-order valence-corrected chi connectivity index (χ2v) is 11.0. The Balaban J connectivity index is 1.53. The average Bonchev–Trinajstić information content (AvgIpc) is 3.42. The van der Waals surface area contributed by atoms with Crippen molar-refractivity contribution in [2.24, 2.45) is 0 Å². The van der Waals surface area contributed by atoms with E-state index < -0.39 is 6.04 Å². The molecule has 0 aliphatic carbocycles. The molecule has 0 radical (unpaired) electrons. The zero-order valence-corrected chi connectivity index (χ0v) is 26.2. The molecule has 5 rings (SSSR count). The van der Waals surface area contributed by atoms with Crippen LogP contribution in [0.1, 0.15) is 37.9 Å². The minimum atomic E-state index is -0.627. The molecule has 0 fully saturated rings. The van der Waals surface area contributed by atoms with E-state index in [1.165, 1.54) is 6.33 Å². The van der Waals surface area contributed by atoms with Crippen LogP contribution in [0.25, 0.3) is 0 Å². The minimum Gasteiger partial charge on any atom is -0.492 e. The normalized spacial score (nSPS) is 14.2. The Labute approximate surface area is 261 Å². The van der Waals surface area contributed by atoms with Gasteiger partial charge in [0.15, 0.2) is 11.5 Å². The number of anilines is 2. The van der Waals surface area contributed by atoms with Crippen LogP contribution in [0.5, 0.6) is 17.2 Å². The number of fused-ring (bicyclic) bond motifs is 1. The Morgan fingerprint density at radius 1 is 1.05 bits per heavy atom. The van der Waals surface area contributed by atoms with Crippen LogP contribution >= 0.6 is 39.1 Å². The molecular weight excluding hydrogens is 645 g/mol. The van der Waals surface area contributed by atoms with Gasteiger partial charge in [-0.05, 0) is 78.7 Å². The SMILES string of the molecule is CCOc1ccccc1NC(=O)C1=C(C)Nc2ncnn2C1c1cc(Br)c(OCc2ccc(Cl)cc2Cl)c(OCC)c1. The maximum absolute atomic E-state index is 13.9. The van der Waals surface area contributed by atoms with E-state index in [2.05, 4.69) is 36.6 Å². The Hall–Kier alpha value is -3.73. The molecule has 9 nitrogen and oxygen atoms in total. The molecule has 12 heteroatoms. The summed E-state index contributed by atoms with van der Waals surface area (Å²) < 4.78 is 20.2. The van der Waals surface area contributed by atoms with Crippen molar-refractivity contribution in [2.75, 3.05) is 23.8 Å². The van der Waals surface area contributed by atoms with E-state index in [-0.39, 0.29) is 12.5 Å². The predicted molar refractivity (Wildman–Crippen MR) is 167 cm³/mol. The van der Waals surface area contributed by atoms with Crippen LogP contribution < -0.4 is 24.8 Å². The molecule has 0 bridgehead atoms. The Kier molecular flexibility index (Phi) is 9.25. The maximum Gasteiger partial charge on any atom is 0.255 e. The summed E-state index contributed by atoms with van der Waals surface area (Å²) in [4.78, 5) is 18.3. The first-order chi connectivity index (χ1) is 20.3. The highest BCUT2D eigenvalue weighted by Crippen LogP contribution is 2.43. The number of amides is 1. The van der Waals surface area contributed by atoms with E-state index in [0.717, 1.165) is 11.1 Å². The second-order valence-electron chi connectivity index (χ2n) is 9.27. The first-order valence-electron chi connectivity index (χ1n) is 13.2. The number of carbonyl (C=O) groups is 1. The third-order valence-electron chi connectivity index (χ3n) is 6.51. The van der Waals surface area contributed by atoms with E-state index in [1.54, 1.807) is 22.9 Å². The topological polar surface area (TPSA) is 99.5 Å². The zero-order chi connectivity index (χ0) is 29.8. The molecule has 1 aliphatic rings. The highest BCUT2D eigenvalue weighted by molar-refractivity contribution is 9.10. The molecule has 1 atom stereocenters. The van der Waals surface area contributed by atoms with Gasteiger partial charge in [0, 0.05) is 21.3 Å². The monoisotopic (exact) mass is 671 g/mol. The molecule has 3 aromatic carbocycles. The molecule has 1 unspecified atom stereocenters. The summed E-state index contributed by atoms with van der Waals surface area (Å²) >= 11 is 16.1. The fourth-order valence-electron chi connectivity index (χ4n) is 4.67. The Morgan fingerprint density at radius 2 is 1.81 bits per heavy atom. The van der Waals surface area contributed by atoms with E-state index in [0.29, 0.717) is 67.9 Å². The van der Waals surface area contributed by atoms with Gasteiger partial charge in [-0.2, -0.15) is 10.1 Å². The molecule has 0 saturated carbocycles. The molecule has 218 valence electrons. The standard InChI is InChI=1S/C30H28BrCl2N5O4/c1-4-40-24-9-7-6-8-23(24)37-29(39)26-17(3)36-30-34-16-35-38(30)27(26)19-12-21(31)28(25(13-19)41-5-2)42-15-18-10-11-20(32)14-22(18)33/h6-14,16,27H,4-5,15H2,1-3H3,(H,37,39)(H,34,35,36). The van der Waals surface area contributed by atoms with Crippen molar-refractivity contribution in [1.29, 1.82) is 0 Å². The largest absolute Gasteiger partial charge is 0.492 e. The van der Waals surface area contributed by atoms with Gasteiger partial charge in [0.1, 0.15) is 24.7 Å². The van der Waals surface area contributed by atoms with Crippen molar-refractivity contribution in [3.63, 3.8) is 0 Å². The van der Waals surface area contributed by atoms with Crippen molar-refractivity contribution in [1.82, 2.24) is 14.8 Å². The number of rotatable bonds is 10. The average molecular weight is 673 g/mol. The van der Waals surface area contributed by atoms with Gasteiger partial charge in [-0.25, -0.2) is 4.68 Å². The van der Waals surface area contributed by atoms with Gasteiger partial charge in [0.05, 0.1) is 28.9 Å². The van der Waals surface area contributed by atoms with Crippen molar-refractivity contribution < 1.29 is 19.0 Å². The quantitative estimate of drug-likeness (QED) is 0.179. The molecule has 0 spiro atoms. The van der Waals surface area contributed by atoms with Gasteiger partial charge in [0.2, 0.25) is 5.95 Å². The van der Waals surface area contributed by atoms with Crippen LogP contribution in [0.4, 0.5) is 11.6 Å². The first-order valence-corrected chi connectivity index (χ1v) is 14.8. The summed E-state index contributed by atoms with van der Waals surface area (Å²) in [7, 11) is 0. The van der Waals surface area contributed by atoms with Gasteiger partial charge < -0.3 is 24.8 Å². The number of halogens is 3. The lowest BCUT2D eigenvalue weighted by molar-refractivity contribution is -0.113. The number of benzene rings is 3. The van der Waals surface area contributed by atoms with E-state index in [4.69, 9.17) is 37.4 Å². The summed E-state index contributed by atoms with van der Waals surface area (Å²) in [5.74, 6) is 1.76. The van der Waals surface area contributed by atoms with Gasteiger partial charge in [-0.15, -0.1) is 0 Å². The molecule has 2 heterocycles. The summed E-state index contributed by atoms with van der Waals surface area (Å²) in [5, 5.41) is 11.7. The highest BCUT2D eigenvalue weighted by atomic mass is 79.9. The van der Waals surface area contributed by atoms with Crippen LogP contribution in [-0.4, -0.2) is 33.9 Å². The number of para-hydroxylation sites is 2. The third kappa shape index (κ3) is 6.21. The van der Waals surface area contributed by atoms with Crippen molar-refractivity contribution in [3.05, 3.63) is 97.8 Å². The predicted octanol–water partition coefficient (Wildman–Crippen LogP) is 7.65. The second kappa shape index (κ2) is 13.1. The Bertz CT molecular complexity index is 1660. The molecule has 1 amide bonds. The maximum atomic E-state index is 13.9. The number of ether oxygens (including phenoxy) is 3. The fourth-order valence-corrected chi connectivity index (χ4v) is 5.71. The molecular formula is C30H28BrCl2N5O4. The molecule has 2 N–H and O–H groups in total. The van der Waals surface area contributed by atoms with Crippen molar-refractivity contribution in [3.8, 4) is 17.2 Å². The van der Waals surface area contributed by atoms with Gasteiger partial charge >= 0.3 is 0 Å². The first kappa shape index (κ1) is 29.8. The fraction of sp³-hybridized carbons (Fsp3) is 0.233. The molecule has 1 aromatic heterocycles. The molecule has 4 aromatic rings. The zero-order valence-electron chi connectivity index (χ0n) is 23.1. The third-order valence-corrected chi connectivity index (χ3v) is 7.68.